The molecule has 96 valence electrons. The van der Waals surface area contributed by atoms with Crippen LogP contribution in [0, 0.1) is 11.3 Å². The minimum Gasteiger partial charge on any atom is -0.339 e. The van der Waals surface area contributed by atoms with Crippen LogP contribution < -0.4 is 5.73 Å². The molecule has 1 aliphatic heterocycles. The Hall–Kier alpha value is -1.12. The van der Waals surface area contributed by atoms with E-state index in [-0.39, 0.29) is 17.9 Å². The summed E-state index contributed by atoms with van der Waals surface area (Å²) in [5.41, 5.74) is 5.79. The Morgan fingerprint density at radius 1 is 1.35 bits per heavy atom. The third-order valence-electron chi connectivity index (χ3n) is 3.17. The Bertz CT molecular complexity index is 307. The van der Waals surface area contributed by atoms with Crippen LogP contribution >= 0.6 is 0 Å². The number of piperazine rings is 1. The van der Waals surface area contributed by atoms with E-state index in [0.29, 0.717) is 13.1 Å². The van der Waals surface area contributed by atoms with Crippen molar-refractivity contribution >= 4 is 5.91 Å². The second kappa shape index (κ2) is 5.48. The number of nitrogens with two attached hydrogens (primary N) is 1. The van der Waals surface area contributed by atoms with Gasteiger partial charge in [0, 0.05) is 31.7 Å². The first kappa shape index (κ1) is 13.9. The molecule has 0 aromatic heterocycles. The van der Waals surface area contributed by atoms with Crippen molar-refractivity contribution in [3.05, 3.63) is 0 Å². The molecule has 1 atom stereocenters. The van der Waals surface area contributed by atoms with E-state index in [0.717, 1.165) is 13.1 Å². The highest BCUT2D eigenvalue weighted by Gasteiger charge is 2.29. The quantitative estimate of drug-likeness (QED) is 0.744. The lowest BCUT2D eigenvalue weighted by Gasteiger charge is -2.42. The van der Waals surface area contributed by atoms with Gasteiger partial charge < -0.3 is 10.6 Å². The molecule has 0 aromatic carbocycles. The molecule has 0 saturated carbocycles. The largest absolute Gasteiger partial charge is 0.339 e. The smallest absolute Gasteiger partial charge is 0.240 e. The zero-order valence-corrected chi connectivity index (χ0v) is 10.9. The summed E-state index contributed by atoms with van der Waals surface area (Å²) in [6, 6.07) is 1.27. The number of rotatable bonds is 2. The SMILES string of the molecule is CC(C)(C)N1CCN(C(=O)C(N)CC#N)CC1. The van der Waals surface area contributed by atoms with Crippen molar-refractivity contribution in [2.75, 3.05) is 26.2 Å². The maximum atomic E-state index is 11.9. The third-order valence-corrected chi connectivity index (χ3v) is 3.17. The average Bonchev–Trinajstić information content (AvgIpc) is 2.27. The molecule has 5 heteroatoms. The van der Waals surface area contributed by atoms with E-state index >= 15 is 0 Å². The predicted octanol–water partition coefficient (Wildman–Crippen LogP) is 0.170. The minimum atomic E-state index is -0.666. The van der Waals surface area contributed by atoms with Gasteiger partial charge in [0.1, 0.15) is 0 Å². The first-order valence-corrected chi connectivity index (χ1v) is 6.02. The molecule has 17 heavy (non-hydrogen) atoms. The van der Waals surface area contributed by atoms with Gasteiger partial charge in [0.25, 0.3) is 0 Å². The van der Waals surface area contributed by atoms with Gasteiger partial charge in [0.15, 0.2) is 0 Å². The number of nitrogens with zero attached hydrogens (tertiary/aromatic N) is 3. The van der Waals surface area contributed by atoms with Gasteiger partial charge in [-0.25, -0.2) is 0 Å². The normalized spacial score (nSPS) is 19.8. The standard InChI is InChI=1S/C12H22N4O/c1-12(2,3)16-8-6-15(7-9-16)11(17)10(14)4-5-13/h10H,4,6-9,14H2,1-3H3. The average molecular weight is 238 g/mol. The van der Waals surface area contributed by atoms with E-state index in [2.05, 4.69) is 25.7 Å². The summed E-state index contributed by atoms with van der Waals surface area (Å²) in [6.07, 6.45) is 0.0956. The van der Waals surface area contributed by atoms with Gasteiger partial charge in [-0.3, -0.25) is 9.69 Å². The Labute approximate surface area is 103 Å². The maximum absolute atomic E-state index is 11.9. The van der Waals surface area contributed by atoms with E-state index < -0.39 is 6.04 Å². The molecular formula is C12H22N4O. The Morgan fingerprint density at radius 3 is 2.29 bits per heavy atom. The van der Waals surface area contributed by atoms with E-state index in [1.54, 1.807) is 4.90 Å². The molecule has 1 saturated heterocycles. The summed E-state index contributed by atoms with van der Waals surface area (Å²) in [5.74, 6) is -0.0971. The molecule has 0 spiro atoms. The summed E-state index contributed by atoms with van der Waals surface area (Å²) in [4.78, 5) is 16.0. The summed E-state index contributed by atoms with van der Waals surface area (Å²) < 4.78 is 0. The maximum Gasteiger partial charge on any atom is 0.240 e. The van der Waals surface area contributed by atoms with Crippen LogP contribution in [0.25, 0.3) is 0 Å². The Balaban J connectivity index is 2.47. The molecular weight excluding hydrogens is 216 g/mol. The highest BCUT2D eigenvalue weighted by Crippen LogP contribution is 2.16. The lowest BCUT2D eigenvalue weighted by Crippen LogP contribution is -2.57. The molecule has 1 rings (SSSR count). The summed E-state index contributed by atoms with van der Waals surface area (Å²) in [7, 11) is 0. The molecule has 1 fully saturated rings. The van der Waals surface area contributed by atoms with Gasteiger partial charge in [-0.1, -0.05) is 0 Å². The first-order chi connectivity index (χ1) is 7.86. The van der Waals surface area contributed by atoms with E-state index in [1.165, 1.54) is 0 Å². The van der Waals surface area contributed by atoms with Gasteiger partial charge in [-0.15, -0.1) is 0 Å². The summed E-state index contributed by atoms with van der Waals surface area (Å²) >= 11 is 0. The van der Waals surface area contributed by atoms with Crippen molar-refractivity contribution in [1.82, 2.24) is 9.80 Å². The zero-order valence-electron chi connectivity index (χ0n) is 10.9. The van der Waals surface area contributed by atoms with E-state index in [9.17, 15) is 4.79 Å². The van der Waals surface area contributed by atoms with Crippen LogP contribution in [0.5, 0.6) is 0 Å². The van der Waals surface area contributed by atoms with Crippen molar-refractivity contribution in [2.24, 2.45) is 5.73 Å². The van der Waals surface area contributed by atoms with Crippen LogP contribution in [0.4, 0.5) is 0 Å². The number of carbonyl (C=O) groups is 1. The van der Waals surface area contributed by atoms with Crippen molar-refractivity contribution < 1.29 is 4.79 Å². The van der Waals surface area contributed by atoms with Crippen LogP contribution in [-0.4, -0.2) is 53.5 Å². The molecule has 0 radical (unpaired) electrons. The fourth-order valence-corrected chi connectivity index (χ4v) is 2.02. The Kier molecular flexibility index (Phi) is 4.49. The van der Waals surface area contributed by atoms with E-state index in [4.69, 9.17) is 11.0 Å². The van der Waals surface area contributed by atoms with Crippen LogP contribution in [0.15, 0.2) is 0 Å². The Morgan fingerprint density at radius 2 is 1.88 bits per heavy atom. The molecule has 1 heterocycles. The number of hydrogen-bond donors (Lipinski definition) is 1. The van der Waals surface area contributed by atoms with E-state index in [1.807, 2.05) is 6.07 Å². The molecule has 5 nitrogen and oxygen atoms in total. The zero-order chi connectivity index (χ0) is 13.1. The van der Waals surface area contributed by atoms with Crippen molar-refractivity contribution in [2.45, 2.75) is 38.8 Å². The second-order valence-corrected chi connectivity index (χ2v) is 5.45. The topological polar surface area (TPSA) is 73.4 Å². The predicted molar refractivity (Wildman–Crippen MR) is 66.1 cm³/mol. The monoisotopic (exact) mass is 238 g/mol. The lowest BCUT2D eigenvalue weighted by molar-refractivity contribution is -0.135. The lowest BCUT2D eigenvalue weighted by atomic mass is 10.0. The summed E-state index contributed by atoms with van der Waals surface area (Å²) in [6.45, 7) is 9.66. The van der Waals surface area contributed by atoms with Crippen molar-refractivity contribution in [3.8, 4) is 6.07 Å². The molecule has 1 unspecified atom stereocenters. The second-order valence-electron chi connectivity index (χ2n) is 5.45. The fraction of sp³-hybridized carbons (Fsp3) is 0.833. The van der Waals surface area contributed by atoms with Crippen molar-refractivity contribution in [1.29, 1.82) is 5.26 Å². The number of hydrogen-bond acceptors (Lipinski definition) is 4. The van der Waals surface area contributed by atoms with Gasteiger partial charge in [0.2, 0.25) is 5.91 Å². The number of amides is 1. The fourth-order valence-electron chi connectivity index (χ4n) is 2.02. The van der Waals surface area contributed by atoms with Gasteiger partial charge in [0.05, 0.1) is 18.5 Å². The first-order valence-electron chi connectivity index (χ1n) is 6.02. The van der Waals surface area contributed by atoms with Crippen LogP contribution in [0.2, 0.25) is 0 Å². The van der Waals surface area contributed by atoms with Crippen LogP contribution in [0.1, 0.15) is 27.2 Å². The van der Waals surface area contributed by atoms with Gasteiger partial charge in [-0.2, -0.15) is 5.26 Å². The highest BCUT2D eigenvalue weighted by molar-refractivity contribution is 5.82. The van der Waals surface area contributed by atoms with Crippen LogP contribution in [0.3, 0.4) is 0 Å². The number of nitriles is 1. The van der Waals surface area contributed by atoms with Gasteiger partial charge >= 0.3 is 0 Å². The molecule has 0 aromatic rings. The van der Waals surface area contributed by atoms with Gasteiger partial charge in [-0.05, 0) is 20.8 Å². The minimum absolute atomic E-state index is 0.0956. The highest BCUT2D eigenvalue weighted by atomic mass is 16.2. The van der Waals surface area contributed by atoms with Crippen LogP contribution in [-0.2, 0) is 4.79 Å². The van der Waals surface area contributed by atoms with Crippen molar-refractivity contribution in [3.63, 3.8) is 0 Å². The molecule has 1 aliphatic rings. The molecule has 2 N–H and O–H groups in total. The molecule has 0 bridgehead atoms. The molecule has 1 amide bonds. The third kappa shape index (κ3) is 3.69. The molecule has 0 aliphatic carbocycles. The number of carbonyl (C=O) groups excluding carboxylic acids is 1. The summed E-state index contributed by atoms with van der Waals surface area (Å²) in [5, 5.41) is 8.52.